The lowest BCUT2D eigenvalue weighted by Gasteiger charge is -2.32. The zero-order valence-electron chi connectivity index (χ0n) is 21.8. The van der Waals surface area contributed by atoms with Crippen LogP contribution in [0.15, 0.2) is 77.7 Å². The molecule has 3 aromatic carbocycles. The molecule has 0 saturated carbocycles. The molecule has 0 aliphatic carbocycles. The number of amides is 2. The maximum Gasteiger partial charge on any atom is 0.264 e. The predicted molar refractivity (Wildman–Crippen MR) is 165 cm³/mol. The van der Waals surface area contributed by atoms with Gasteiger partial charge in [0.1, 0.15) is 12.6 Å². The average molecular weight is 702 g/mol. The number of benzene rings is 3. The lowest BCUT2D eigenvalue weighted by molar-refractivity contribution is -0.139. The topological polar surface area (TPSA) is 86.8 Å². The highest BCUT2D eigenvalue weighted by Crippen LogP contribution is 2.27. The summed E-state index contributed by atoms with van der Waals surface area (Å²) in [5.41, 5.74) is 0.901. The molecule has 0 aromatic heterocycles. The van der Waals surface area contributed by atoms with Gasteiger partial charge in [-0.3, -0.25) is 13.9 Å². The molecule has 208 valence electrons. The minimum Gasteiger partial charge on any atom is -0.352 e. The summed E-state index contributed by atoms with van der Waals surface area (Å²) in [4.78, 5) is 28.4. The van der Waals surface area contributed by atoms with Gasteiger partial charge < -0.3 is 10.2 Å². The third-order valence-corrected chi connectivity index (χ3v) is 9.34. The first-order valence-corrected chi connectivity index (χ1v) is 15.6. The number of rotatable bonds is 11. The molecule has 3 aromatic rings. The Labute approximate surface area is 253 Å². The van der Waals surface area contributed by atoms with Gasteiger partial charge in [-0.25, -0.2) is 8.42 Å². The smallest absolute Gasteiger partial charge is 0.264 e. The summed E-state index contributed by atoms with van der Waals surface area (Å²) in [7, 11) is -4.11. The maximum atomic E-state index is 13.9. The van der Waals surface area contributed by atoms with E-state index in [0.717, 1.165) is 7.88 Å². The van der Waals surface area contributed by atoms with E-state index in [2.05, 4.69) is 27.9 Å². The van der Waals surface area contributed by atoms with E-state index in [1.54, 1.807) is 67.6 Å². The van der Waals surface area contributed by atoms with Gasteiger partial charge in [0.15, 0.2) is 0 Å². The number of carbonyl (C=O) groups excluding carboxylic acids is 2. The van der Waals surface area contributed by atoms with Crippen molar-refractivity contribution in [1.29, 1.82) is 0 Å². The van der Waals surface area contributed by atoms with Crippen LogP contribution < -0.4 is 9.62 Å². The van der Waals surface area contributed by atoms with Crippen LogP contribution in [0, 0.1) is 3.57 Å². The van der Waals surface area contributed by atoms with Crippen LogP contribution in [0.5, 0.6) is 0 Å². The van der Waals surface area contributed by atoms with Gasteiger partial charge in [-0.05, 0) is 97.0 Å². The molecule has 0 spiro atoms. The van der Waals surface area contributed by atoms with Crippen LogP contribution in [0.25, 0.3) is 0 Å². The first-order chi connectivity index (χ1) is 18.4. The molecule has 0 heterocycles. The minimum atomic E-state index is -4.11. The summed E-state index contributed by atoms with van der Waals surface area (Å²) in [6.07, 6.45) is 0.714. The van der Waals surface area contributed by atoms with Crippen LogP contribution in [-0.2, 0) is 26.2 Å². The highest BCUT2D eigenvalue weighted by molar-refractivity contribution is 14.1. The minimum absolute atomic E-state index is 0.0180. The van der Waals surface area contributed by atoms with Crippen molar-refractivity contribution >= 4 is 73.3 Å². The van der Waals surface area contributed by atoms with E-state index < -0.39 is 28.5 Å². The molecule has 11 heteroatoms. The lowest BCUT2D eigenvalue weighted by Crippen LogP contribution is -2.52. The first-order valence-electron chi connectivity index (χ1n) is 12.3. The number of nitrogens with zero attached hydrogens (tertiary/aromatic N) is 2. The number of carbonyl (C=O) groups is 2. The van der Waals surface area contributed by atoms with E-state index >= 15 is 0 Å². The standard InChI is InChI=1S/C28H30Cl2IN3O4S/c1-4-19(2)32-28(36)20(3)33(17-21-10-11-22(29)16-26(21)30)27(35)18-34(24-14-12-23(31)13-15-24)39(37,38)25-8-6-5-7-9-25/h5-16,19-20H,4,17-18H2,1-3H3,(H,32,36)/t19-,20+/m1/s1. The fraction of sp³-hybridized carbons (Fsp3) is 0.286. The molecular weight excluding hydrogens is 672 g/mol. The van der Waals surface area contributed by atoms with Crippen LogP contribution in [0.2, 0.25) is 10.0 Å². The Morgan fingerprint density at radius 1 is 0.974 bits per heavy atom. The molecule has 3 rings (SSSR count). The molecule has 0 unspecified atom stereocenters. The van der Waals surface area contributed by atoms with Crippen molar-refractivity contribution in [3.05, 3.63) is 92.0 Å². The molecule has 0 aliphatic heterocycles. The number of hydrogen-bond acceptors (Lipinski definition) is 4. The van der Waals surface area contributed by atoms with Gasteiger partial charge >= 0.3 is 0 Å². The zero-order valence-corrected chi connectivity index (χ0v) is 26.3. The van der Waals surface area contributed by atoms with Crippen molar-refractivity contribution in [3.8, 4) is 0 Å². The van der Waals surface area contributed by atoms with Gasteiger partial charge in [-0.2, -0.15) is 0 Å². The van der Waals surface area contributed by atoms with Gasteiger partial charge in [0.2, 0.25) is 11.8 Å². The average Bonchev–Trinajstić information content (AvgIpc) is 2.91. The Bertz CT molecular complexity index is 1410. The normalized spacial score (nSPS) is 12.9. The van der Waals surface area contributed by atoms with E-state index in [0.29, 0.717) is 27.7 Å². The van der Waals surface area contributed by atoms with E-state index in [9.17, 15) is 18.0 Å². The van der Waals surface area contributed by atoms with Crippen LogP contribution >= 0.6 is 45.8 Å². The molecule has 2 amide bonds. The van der Waals surface area contributed by atoms with E-state index in [-0.39, 0.29) is 23.4 Å². The summed E-state index contributed by atoms with van der Waals surface area (Å²) >= 11 is 14.6. The summed E-state index contributed by atoms with van der Waals surface area (Å²) in [5, 5.41) is 3.67. The van der Waals surface area contributed by atoms with Crippen molar-refractivity contribution in [3.63, 3.8) is 0 Å². The Hall–Kier alpha value is -2.34. The second-order valence-electron chi connectivity index (χ2n) is 9.05. The highest BCUT2D eigenvalue weighted by Gasteiger charge is 2.33. The summed E-state index contributed by atoms with van der Waals surface area (Å²) in [6.45, 7) is 4.89. The fourth-order valence-corrected chi connectivity index (χ4v) is 6.00. The van der Waals surface area contributed by atoms with E-state index in [1.807, 2.05) is 13.8 Å². The Kier molecular flexibility index (Phi) is 11.1. The summed E-state index contributed by atoms with van der Waals surface area (Å²) in [5.74, 6) is -0.916. The van der Waals surface area contributed by atoms with Gasteiger partial charge in [0.05, 0.1) is 10.6 Å². The quantitative estimate of drug-likeness (QED) is 0.244. The first kappa shape index (κ1) is 31.2. The van der Waals surface area contributed by atoms with Crippen molar-refractivity contribution in [2.75, 3.05) is 10.8 Å². The molecule has 0 radical (unpaired) electrons. The van der Waals surface area contributed by atoms with Crippen LogP contribution in [0.4, 0.5) is 5.69 Å². The fourth-order valence-electron chi connectivity index (χ4n) is 3.74. The molecule has 7 nitrogen and oxygen atoms in total. The van der Waals surface area contributed by atoms with Crippen LogP contribution in [-0.4, -0.2) is 43.8 Å². The molecule has 0 fully saturated rings. The SMILES string of the molecule is CC[C@@H](C)NC(=O)[C@H](C)N(Cc1ccc(Cl)cc1Cl)C(=O)CN(c1ccc(I)cc1)S(=O)(=O)c1ccccc1. The third-order valence-electron chi connectivity index (χ3n) is 6.25. The monoisotopic (exact) mass is 701 g/mol. The number of anilines is 1. The molecule has 0 aliphatic rings. The number of halogens is 3. The maximum absolute atomic E-state index is 13.9. The molecule has 1 N–H and O–H groups in total. The molecule has 2 atom stereocenters. The Morgan fingerprint density at radius 2 is 1.62 bits per heavy atom. The predicted octanol–water partition coefficient (Wildman–Crippen LogP) is 6.13. The Morgan fingerprint density at radius 3 is 2.21 bits per heavy atom. The largest absolute Gasteiger partial charge is 0.352 e. The summed E-state index contributed by atoms with van der Waals surface area (Å²) < 4.78 is 29.5. The second-order valence-corrected chi connectivity index (χ2v) is 13.0. The summed E-state index contributed by atoms with van der Waals surface area (Å²) in [6, 6.07) is 18.6. The zero-order chi connectivity index (χ0) is 28.7. The van der Waals surface area contributed by atoms with Crippen LogP contribution in [0.1, 0.15) is 32.8 Å². The highest BCUT2D eigenvalue weighted by atomic mass is 127. The van der Waals surface area contributed by atoms with Crippen molar-refractivity contribution in [1.82, 2.24) is 10.2 Å². The number of nitrogens with one attached hydrogen (secondary N) is 1. The van der Waals surface area contributed by atoms with E-state index in [4.69, 9.17) is 23.2 Å². The number of sulfonamides is 1. The molecular formula is C28H30Cl2IN3O4S. The molecule has 0 saturated heterocycles. The lowest BCUT2D eigenvalue weighted by atomic mass is 10.1. The van der Waals surface area contributed by atoms with Crippen LogP contribution in [0.3, 0.4) is 0 Å². The van der Waals surface area contributed by atoms with Crippen molar-refractivity contribution in [2.45, 2.75) is 50.7 Å². The Balaban J connectivity index is 2.03. The van der Waals surface area contributed by atoms with Crippen molar-refractivity contribution in [2.24, 2.45) is 0 Å². The molecule has 0 bridgehead atoms. The van der Waals surface area contributed by atoms with Gasteiger partial charge in [-0.1, -0.05) is 54.4 Å². The third kappa shape index (κ3) is 8.09. The molecule has 39 heavy (non-hydrogen) atoms. The van der Waals surface area contributed by atoms with Gasteiger partial charge in [0, 0.05) is 26.2 Å². The van der Waals surface area contributed by atoms with Crippen molar-refractivity contribution < 1.29 is 18.0 Å². The second kappa shape index (κ2) is 13.8. The van der Waals surface area contributed by atoms with Gasteiger partial charge in [0.25, 0.3) is 10.0 Å². The van der Waals surface area contributed by atoms with Gasteiger partial charge in [-0.15, -0.1) is 0 Å². The number of hydrogen-bond donors (Lipinski definition) is 1. The van der Waals surface area contributed by atoms with E-state index in [1.165, 1.54) is 17.0 Å².